The molecule has 0 aliphatic carbocycles. The lowest BCUT2D eigenvalue weighted by Crippen LogP contribution is -2.39. The van der Waals surface area contributed by atoms with Crippen LogP contribution in [0.15, 0.2) is 40.2 Å². The van der Waals surface area contributed by atoms with Crippen molar-refractivity contribution in [2.45, 2.75) is 38.6 Å². The first-order chi connectivity index (χ1) is 9.83. The van der Waals surface area contributed by atoms with Crippen molar-refractivity contribution < 1.29 is 0 Å². The van der Waals surface area contributed by atoms with Crippen molar-refractivity contribution >= 4 is 38.9 Å². The summed E-state index contributed by atoms with van der Waals surface area (Å²) in [5, 5.41) is 4.42. The van der Waals surface area contributed by atoms with Gasteiger partial charge in [0.25, 0.3) is 0 Å². The van der Waals surface area contributed by atoms with Crippen molar-refractivity contribution in [1.82, 2.24) is 5.32 Å². The summed E-state index contributed by atoms with van der Waals surface area (Å²) in [4.78, 5) is 1.39. The first-order valence-electron chi connectivity index (χ1n) is 7.08. The maximum atomic E-state index is 6.16. The molecule has 0 aliphatic rings. The van der Waals surface area contributed by atoms with Crippen LogP contribution >= 0.6 is 38.9 Å². The van der Waals surface area contributed by atoms with Crippen molar-refractivity contribution in [2.24, 2.45) is 0 Å². The molecule has 2 rings (SSSR count). The fourth-order valence-corrected chi connectivity index (χ4v) is 3.96. The Bertz CT molecular complexity index is 588. The predicted molar refractivity (Wildman–Crippen MR) is 97.7 cm³/mol. The lowest BCUT2D eigenvalue weighted by Gasteiger charge is -2.25. The largest absolute Gasteiger partial charge is 0.311 e. The summed E-state index contributed by atoms with van der Waals surface area (Å²) in [6.45, 7) is 7.54. The number of nitrogens with one attached hydrogen (secondary N) is 1. The zero-order chi connectivity index (χ0) is 15.5. The summed E-state index contributed by atoms with van der Waals surface area (Å²) in [5.74, 6) is 0.425. The molecular weight excluding hydrogens is 366 g/mol. The second-order valence-corrected chi connectivity index (χ2v) is 9.28. The van der Waals surface area contributed by atoms with Gasteiger partial charge in [0.1, 0.15) is 0 Å². The Labute approximate surface area is 144 Å². The first kappa shape index (κ1) is 17.0. The molecule has 0 amide bonds. The average molecular weight is 387 g/mol. The Morgan fingerprint density at radius 3 is 2.57 bits per heavy atom. The Hall–Kier alpha value is -0.350. The number of rotatable bonds is 5. The van der Waals surface area contributed by atoms with Crippen molar-refractivity contribution in [3.05, 3.63) is 55.6 Å². The Balaban J connectivity index is 2.17. The minimum absolute atomic E-state index is 0.118. The fraction of sp³-hybridized carbons (Fsp3) is 0.412. The van der Waals surface area contributed by atoms with E-state index in [1.807, 2.05) is 12.1 Å². The molecule has 1 N–H and O–H groups in total. The molecular formula is C17H21BrClNS. The minimum Gasteiger partial charge on any atom is -0.311 e. The molecule has 1 atom stereocenters. The van der Waals surface area contributed by atoms with Crippen LogP contribution in [0.2, 0.25) is 5.02 Å². The summed E-state index contributed by atoms with van der Waals surface area (Å²) in [6.07, 6.45) is 1.03. The Kier molecular flexibility index (Phi) is 5.89. The van der Waals surface area contributed by atoms with Crippen LogP contribution in [0.1, 0.15) is 37.1 Å². The number of halogens is 2. The molecule has 0 aliphatic heterocycles. The van der Waals surface area contributed by atoms with Crippen molar-refractivity contribution in [3.8, 4) is 0 Å². The van der Waals surface area contributed by atoms with Gasteiger partial charge in [0.05, 0.1) is 3.79 Å². The SMILES string of the molecule is CC(C)(C)NCC(Cc1ccc(Br)s1)c1cccc(Cl)c1. The molecule has 2 aromatic rings. The highest BCUT2D eigenvalue weighted by Gasteiger charge is 2.17. The summed E-state index contributed by atoms with van der Waals surface area (Å²) in [7, 11) is 0. The normalized spacial score (nSPS) is 13.4. The number of hydrogen-bond acceptors (Lipinski definition) is 2. The molecule has 0 radical (unpaired) electrons. The topological polar surface area (TPSA) is 12.0 Å². The molecule has 1 heterocycles. The highest BCUT2D eigenvalue weighted by atomic mass is 79.9. The van der Waals surface area contributed by atoms with Crippen LogP contribution in [-0.2, 0) is 6.42 Å². The van der Waals surface area contributed by atoms with Crippen LogP contribution in [0.3, 0.4) is 0 Å². The molecule has 1 nitrogen and oxygen atoms in total. The second kappa shape index (κ2) is 7.28. The van der Waals surface area contributed by atoms with E-state index in [2.05, 4.69) is 66.3 Å². The van der Waals surface area contributed by atoms with E-state index in [0.29, 0.717) is 5.92 Å². The lowest BCUT2D eigenvalue weighted by atomic mass is 9.94. The second-order valence-electron chi connectivity index (χ2n) is 6.29. The average Bonchev–Trinajstić information content (AvgIpc) is 2.79. The first-order valence-corrected chi connectivity index (χ1v) is 9.07. The third-order valence-electron chi connectivity index (χ3n) is 3.28. The highest BCUT2D eigenvalue weighted by molar-refractivity contribution is 9.11. The third kappa shape index (κ3) is 5.74. The van der Waals surface area contributed by atoms with Crippen LogP contribution in [0.25, 0.3) is 0 Å². The quantitative estimate of drug-likeness (QED) is 0.676. The standard InChI is InChI=1S/C17H21BrClNS/c1-17(2,3)20-11-13(10-15-7-8-16(18)21-15)12-5-4-6-14(19)9-12/h4-9,13,20H,10-11H2,1-3H3. The van der Waals surface area contributed by atoms with Crippen LogP contribution in [-0.4, -0.2) is 12.1 Å². The van der Waals surface area contributed by atoms with Crippen LogP contribution in [0.4, 0.5) is 0 Å². The molecule has 0 bridgehead atoms. The monoisotopic (exact) mass is 385 g/mol. The summed E-state index contributed by atoms with van der Waals surface area (Å²) < 4.78 is 1.19. The smallest absolute Gasteiger partial charge is 0.0701 e. The van der Waals surface area contributed by atoms with Gasteiger partial charge in [-0.15, -0.1) is 11.3 Å². The highest BCUT2D eigenvalue weighted by Crippen LogP contribution is 2.29. The zero-order valence-electron chi connectivity index (χ0n) is 12.6. The van der Waals surface area contributed by atoms with E-state index in [1.165, 1.54) is 14.2 Å². The number of hydrogen-bond donors (Lipinski definition) is 1. The molecule has 0 saturated carbocycles. The van der Waals surface area contributed by atoms with Gasteiger partial charge in [0.15, 0.2) is 0 Å². The van der Waals surface area contributed by atoms with Gasteiger partial charge in [-0.1, -0.05) is 23.7 Å². The van der Waals surface area contributed by atoms with Gasteiger partial charge in [0.2, 0.25) is 0 Å². The molecule has 1 aromatic heterocycles. The molecule has 0 saturated heterocycles. The summed E-state index contributed by atoms with van der Waals surface area (Å²) in [6, 6.07) is 12.5. The lowest BCUT2D eigenvalue weighted by molar-refractivity contribution is 0.405. The van der Waals surface area contributed by atoms with Gasteiger partial charge in [0, 0.05) is 27.9 Å². The summed E-state index contributed by atoms with van der Waals surface area (Å²) >= 11 is 11.5. The molecule has 0 fully saturated rings. The van der Waals surface area contributed by atoms with Crippen LogP contribution < -0.4 is 5.32 Å². The van der Waals surface area contributed by atoms with Gasteiger partial charge in [-0.2, -0.15) is 0 Å². The minimum atomic E-state index is 0.118. The van der Waals surface area contributed by atoms with Crippen molar-refractivity contribution in [3.63, 3.8) is 0 Å². The van der Waals surface area contributed by atoms with Crippen molar-refractivity contribution in [1.29, 1.82) is 0 Å². The summed E-state index contributed by atoms with van der Waals surface area (Å²) in [5.41, 5.74) is 1.41. The predicted octanol–water partition coefficient (Wildman–Crippen LogP) is 5.88. The molecule has 114 valence electrons. The van der Waals surface area contributed by atoms with E-state index >= 15 is 0 Å². The van der Waals surface area contributed by atoms with Gasteiger partial charge < -0.3 is 5.32 Å². The van der Waals surface area contributed by atoms with E-state index in [-0.39, 0.29) is 5.54 Å². The van der Waals surface area contributed by atoms with Gasteiger partial charge in [-0.05, 0) is 73.0 Å². The zero-order valence-corrected chi connectivity index (χ0v) is 15.8. The third-order valence-corrected chi connectivity index (χ3v) is 5.16. The van der Waals surface area contributed by atoms with Crippen LogP contribution in [0.5, 0.6) is 0 Å². The van der Waals surface area contributed by atoms with E-state index in [0.717, 1.165) is 18.0 Å². The van der Waals surface area contributed by atoms with E-state index < -0.39 is 0 Å². The maximum Gasteiger partial charge on any atom is 0.0701 e. The van der Waals surface area contributed by atoms with Gasteiger partial charge in [-0.25, -0.2) is 0 Å². The molecule has 0 spiro atoms. The molecule has 21 heavy (non-hydrogen) atoms. The maximum absolute atomic E-state index is 6.16. The van der Waals surface area contributed by atoms with Crippen molar-refractivity contribution in [2.75, 3.05) is 6.54 Å². The number of thiophene rings is 1. The van der Waals surface area contributed by atoms with E-state index in [9.17, 15) is 0 Å². The van der Waals surface area contributed by atoms with E-state index in [1.54, 1.807) is 11.3 Å². The molecule has 4 heteroatoms. The fourth-order valence-electron chi connectivity index (χ4n) is 2.20. The molecule has 1 unspecified atom stereocenters. The Morgan fingerprint density at radius 1 is 1.24 bits per heavy atom. The van der Waals surface area contributed by atoms with E-state index in [4.69, 9.17) is 11.6 Å². The van der Waals surface area contributed by atoms with Gasteiger partial charge >= 0.3 is 0 Å². The van der Waals surface area contributed by atoms with Gasteiger partial charge in [-0.3, -0.25) is 0 Å². The van der Waals surface area contributed by atoms with Crippen LogP contribution in [0, 0.1) is 0 Å². The Morgan fingerprint density at radius 2 is 2.00 bits per heavy atom. The number of benzene rings is 1. The molecule has 1 aromatic carbocycles.